The maximum atomic E-state index is 4.40. The zero-order valence-corrected chi connectivity index (χ0v) is 12.4. The van der Waals surface area contributed by atoms with Crippen molar-refractivity contribution in [3.63, 3.8) is 0 Å². The fourth-order valence-electron chi connectivity index (χ4n) is 2.41. The van der Waals surface area contributed by atoms with Gasteiger partial charge in [-0.05, 0) is 50.9 Å². The molecule has 0 aliphatic heterocycles. The number of hydrogen-bond acceptors (Lipinski definition) is 3. The maximum absolute atomic E-state index is 4.40. The second kappa shape index (κ2) is 7.80. The van der Waals surface area contributed by atoms with Gasteiger partial charge in [0.05, 0.1) is 5.69 Å². The molecule has 0 aliphatic carbocycles. The van der Waals surface area contributed by atoms with E-state index >= 15 is 0 Å². The quantitative estimate of drug-likeness (QED) is 0.803. The Labute approximate surface area is 121 Å². The molecule has 2 rings (SSSR count). The topological polar surface area (TPSA) is 42.7 Å². The van der Waals surface area contributed by atoms with Crippen molar-refractivity contribution < 1.29 is 0 Å². The number of nitrogens with one attached hydrogen (secondary N) is 1. The molecule has 1 atom stereocenters. The zero-order chi connectivity index (χ0) is 14.2. The van der Waals surface area contributed by atoms with Crippen molar-refractivity contribution in [2.24, 2.45) is 0 Å². The Hall–Kier alpha value is -1.68. The number of aryl methyl sites for hydroxylation is 2. The minimum atomic E-state index is 0.347. The Morgan fingerprint density at radius 3 is 2.80 bits per heavy atom. The summed E-state index contributed by atoms with van der Waals surface area (Å²) in [6, 6.07) is 8.57. The van der Waals surface area contributed by atoms with Crippen molar-refractivity contribution in [3.05, 3.63) is 48.0 Å². The Balaban J connectivity index is 2.04. The van der Waals surface area contributed by atoms with Gasteiger partial charge in [-0.15, -0.1) is 0 Å². The minimum absolute atomic E-state index is 0.347. The van der Waals surface area contributed by atoms with E-state index in [1.54, 1.807) is 0 Å². The van der Waals surface area contributed by atoms with Gasteiger partial charge in [0.15, 0.2) is 0 Å². The summed E-state index contributed by atoms with van der Waals surface area (Å²) in [4.78, 5) is 4.40. The predicted molar refractivity (Wildman–Crippen MR) is 81.5 cm³/mol. The first-order chi connectivity index (χ1) is 9.85. The second-order valence-electron chi connectivity index (χ2n) is 4.94. The summed E-state index contributed by atoms with van der Waals surface area (Å²) in [5.41, 5.74) is 2.43. The van der Waals surface area contributed by atoms with Crippen molar-refractivity contribution in [1.82, 2.24) is 20.1 Å². The van der Waals surface area contributed by atoms with Crippen LogP contribution in [-0.4, -0.2) is 21.3 Å². The molecular formula is C16H24N4. The molecule has 2 aromatic rings. The van der Waals surface area contributed by atoms with Gasteiger partial charge < -0.3 is 5.32 Å². The van der Waals surface area contributed by atoms with E-state index in [9.17, 15) is 0 Å². The fraction of sp³-hybridized carbons (Fsp3) is 0.500. The van der Waals surface area contributed by atoms with Gasteiger partial charge in [-0.25, -0.2) is 0 Å². The van der Waals surface area contributed by atoms with Crippen molar-refractivity contribution >= 4 is 0 Å². The van der Waals surface area contributed by atoms with E-state index in [0.717, 1.165) is 38.0 Å². The second-order valence-corrected chi connectivity index (χ2v) is 4.94. The lowest BCUT2D eigenvalue weighted by Crippen LogP contribution is -2.25. The molecule has 0 radical (unpaired) electrons. The average molecular weight is 272 g/mol. The average Bonchev–Trinajstić information content (AvgIpc) is 2.97. The molecule has 0 aliphatic rings. The molecule has 2 heterocycles. The molecule has 0 amide bonds. The Morgan fingerprint density at radius 1 is 1.20 bits per heavy atom. The molecule has 108 valence electrons. The highest BCUT2D eigenvalue weighted by molar-refractivity contribution is 5.09. The highest BCUT2D eigenvalue weighted by Gasteiger charge is 2.15. The van der Waals surface area contributed by atoms with Crippen molar-refractivity contribution in [2.75, 3.05) is 6.54 Å². The van der Waals surface area contributed by atoms with Crippen LogP contribution >= 0.6 is 0 Å². The Kier molecular flexibility index (Phi) is 5.74. The maximum Gasteiger partial charge on any atom is 0.0553 e. The molecule has 0 aromatic carbocycles. The largest absolute Gasteiger partial charge is 0.309 e. The monoisotopic (exact) mass is 272 g/mol. The van der Waals surface area contributed by atoms with Gasteiger partial charge in [0.25, 0.3) is 0 Å². The normalized spacial score (nSPS) is 12.5. The molecule has 1 unspecified atom stereocenters. The summed E-state index contributed by atoms with van der Waals surface area (Å²) < 4.78 is 2.08. The van der Waals surface area contributed by atoms with E-state index in [1.165, 1.54) is 5.69 Å². The van der Waals surface area contributed by atoms with Crippen molar-refractivity contribution in [1.29, 1.82) is 0 Å². The molecule has 0 saturated carbocycles. The van der Waals surface area contributed by atoms with Gasteiger partial charge in [0.1, 0.15) is 0 Å². The highest BCUT2D eigenvalue weighted by atomic mass is 15.3. The minimum Gasteiger partial charge on any atom is -0.309 e. The Bertz CT molecular complexity index is 492. The fourth-order valence-corrected chi connectivity index (χ4v) is 2.41. The van der Waals surface area contributed by atoms with Crippen molar-refractivity contribution in [3.8, 4) is 0 Å². The van der Waals surface area contributed by atoms with Crippen LogP contribution in [0.3, 0.4) is 0 Å². The molecule has 1 N–H and O–H groups in total. The van der Waals surface area contributed by atoms with Gasteiger partial charge in [-0.2, -0.15) is 5.10 Å². The van der Waals surface area contributed by atoms with E-state index in [-0.39, 0.29) is 0 Å². The molecule has 0 saturated heterocycles. The first-order valence-corrected chi connectivity index (χ1v) is 7.50. The van der Waals surface area contributed by atoms with Crippen LogP contribution in [0.4, 0.5) is 0 Å². The third-order valence-corrected chi connectivity index (χ3v) is 3.46. The molecule has 4 heteroatoms. The lowest BCUT2D eigenvalue weighted by molar-refractivity contribution is 0.455. The molecule has 0 fully saturated rings. The first-order valence-electron chi connectivity index (χ1n) is 7.50. The van der Waals surface area contributed by atoms with Crippen LogP contribution in [0.15, 0.2) is 36.7 Å². The van der Waals surface area contributed by atoms with E-state index < -0.39 is 0 Å². The van der Waals surface area contributed by atoms with Gasteiger partial charge in [-0.1, -0.05) is 13.0 Å². The summed E-state index contributed by atoms with van der Waals surface area (Å²) in [5.74, 6) is 0. The summed E-state index contributed by atoms with van der Waals surface area (Å²) >= 11 is 0. The molecule has 4 nitrogen and oxygen atoms in total. The van der Waals surface area contributed by atoms with Crippen LogP contribution in [0, 0.1) is 0 Å². The van der Waals surface area contributed by atoms with Crippen LogP contribution in [0.1, 0.15) is 44.1 Å². The van der Waals surface area contributed by atoms with Gasteiger partial charge in [-0.3, -0.25) is 9.67 Å². The lowest BCUT2D eigenvalue weighted by Gasteiger charge is -2.19. The van der Waals surface area contributed by atoms with E-state index in [1.807, 2.05) is 24.5 Å². The van der Waals surface area contributed by atoms with Crippen molar-refractivity contribution in [2.45, 2.75) is 45.7 Å². The van der Waals surface area contributed by atoms with Crippen LogP contribution in [0.25, 0.3) is 0 Å². The van der Waals surface area contributed by atoms with Crippen LogP contribution in [0.5, 0.6) is 0 Å². The van der Waals surface area contributed by atoms with Crippen LogP contribution < -0.4 is 5.32 Å². The molecule has 0 bridgehead atoms. The predicted octanol–water partition coefficient (Wildman–Crippen LogP) is 2.97. The zero-order valence-electron chi connectivity index (χ0n) is 12.4. The number of rotatable bonds is 8. The summed E-state index contributed by atoms with van der Waals surface area (Å²) in [6.07, 6.45) is 6.92. The van der Waals surface area contributed by atoms with E-state index in [2.05, 4.69) is 46.1 Å². The highest BCUT2D eigenvalue weighted by Crippen LogP contribution is 2.18. The lowest BCUT2D eigenvalue weighted by atomic mass is 10.1. The third-order valence-electron chi connectivity index (χ3n) is 3.46. The summed E-state index contributed by atoms with van der Waals surface area (Å²) in [5, 5.41) is 8.01. The molecule has 20 heavy (non-hydrogen) atoms. The van der Waals surface area contributed by atoms with Crippen LogP contribution in [0.2, 0.25) is 0 Å². The molecule has 0 spiro atoms. The summed E-state index contributed by atoms with van der Waals surface area (Å²) in [6.45, 7) is 6.27. The first kappa shape index (κ1) is 14.7. The SMILES string of the molecule is CCCNC(CCc1ccccn1)c1ccnn1CC. The Morgan fingerprint density at radius 2 is 2.10 bits per heavy atom. The van der Waals surface area contributed by atoms with Gasteiger partial charge in [0.2, 0.25) is 0 Å². The van der Waals surface area contributed by atoms with Gasteiger partial charge in [0, 0.05) is 30.7 Å². The third kappa shape index (κ3) is 3.90. The summed E-state index contributed by atoms with van der Waals surface area (Å²) in [7, 11) is 0. The number of pyridine rings is 1. The number of nitrogens with zero attached hydrogens (tertiary/aromatic N) is 3. The molecule has 2 aromatic heterocycles. The smallest absolute Gasteiger partial charge is 0.0553 e. The van der Waals surface area contributed by atoms with Crippen LogP contribution in [-0.2, 0) is 13.0 Å². The molecular weight excluding hydrogens is 248 g/mol. The van der Waals surface area contributed by atoms with Gasteiger partial charge >= 0.3 is 0 Å². The van der Waals surface area contributed by atoms with E-state index in [0.29, 0.717) is 6.04 Å². The number of hydrogen-bond donors (Lipinski definition) is 1. The standard InChI is InChI=1S/C16H24N4/c1-3-11-18-15(16-10-13-19-20(16)4-2)9-8-14-7-5-6-12-17-14/h5-7,10,12-13,15,18H,3-4,8-9,11H2,1-2H3. The van der Waals surface area contributed by atoms with E-state index in [4.69, 9.17) is 0 Å². The number of aromatic nitrogens is 3.